The number of non-ortho nitro benzene ring substituents is 1. The van der Waals surface area contributed by atoms with Gasteiger partial charge >= 0.3 is 0 Å². The molecule has 2 aromatic rings. The quantitative estimate of drug-likeness (QED) is 0.257. The maximum Gasteiger partial charge on any atom is 0.273 e. The van der Waals surface area contributed by atoms with Crippen molar-refractivity contribution in [3.8, 4) is 0 Å². The molecule has 0 spiro atoms. The van der Waals surface area contributed by atoms with Gasteiger partial charge in [-0.25, -0.2) is 5.01 Å². The van der Waals surface area contributed by atoms with E-state index in [0.717, 1.165) is 16.4 Å². The second-order valence-electron chi connectivity index (χ2n) is 9.23. The van der Waals surface area contributed by atoms with Gasteiger partial charge in [0.05, 0.1) is 16.8 Å². The molecule has 1 heterocycles. The largest absolute Gasteiger partial charge is 0.292 e. The Morgan fingerprint density at radius 1 is 1.00 bits per heavy atom. The fourth-order valence-electron chi connectivity index (χ4n) is 5.08. The van der Waals surface area contributed by atoms with E-state index in [0.29, 0.717) is 18.4 Å². The standard InChI is InChI=1S/C26H27N3O6/c1-3-22(23(30)17-7-5-4-6-8-17)27(24(31)18-10-12-19(13-11-18)29(34)35)28-25(32)20-14-9-16(2)15-21(20)26(28)33/h4-8,10-13,16,20-22H,3,9,14-15H2,1-2H3/t16-,20+,21-,22+/m0/s1. The van der Waals surface area contributed by atoms with Crippen molar-refractivity contribution in [3.63, 3.8) is 0 Å². The number of imide groups is 1. The van der Waals surface area contributed by atoms with Gasteiger partial charge in [-0.15, -0.1) is 0 Å². The molecule has 0 aromatic heterocycles. The number of carbonyl (C=O) groups is 4. The van der Waals surface area contributed by atoms with Crippen LogP contribution in [0.2, 0.25) is 0 Å². The molecule has 1 saturated carbocycles. The second-order valence-corrected chi connectivity index (χ2v) is 9.23. The van der Waals surface area contributed by atoms with E-state index >= 15 is 0 Å². The number of nitro benzene ring substituents is 1. The first kappa shape index (κ1) is 24.3. The number of ketones is 1. The molecule has 35 heavy (non-hydrogen) atoms. The van der Waals surface area contributed by atoms with E-state index < -0.39 is 46.3 Å². The summed E-state index contributed by atoms with van der Waals surface area (Å²) in [4.78, 5) is 64.7. The number of Topliss-reactive ketones (excluding diaryl/α,β-unsaturated/α-hetero) is 1. The zero-order chi connectivity index (χ0) is 25.3. The Kier molecular flexibility index (Phi) is 6.77. The topological polar surface area (TPSA) is 118 Å². The molecule has 1 saturated heterocycles. The first-order valence-corrected chi connectivity index (χ1v) is 11.8. The Balaban J connectivity index is 1.77. The minimum Gasteiger partial charge on any atom is -0.292 e. The Labute approximate surface area is 202 Å². The Morgan fingerprint density at radius 3 is 2.23 bits per heavy atom. The van der Waals surface area contributed by atoms with Gasteiger partial charge in [-0.05, 0) is 43.7 Å². The lowest BCUT2D eigenvalue weighted by atomic mass is 9.76. The molecular formula is C26H27N3O6. The number of benzene rings is 2. The van der Waals surface area contributed by atoms with Crippen LogP contribution >= 0.6 is 0 Å². The van der Waals surface area contributed by atoms with Crippen molar-refractivity contribution in [1.82, 2.24) is 10.0 Å². The first-order valence-electron chi connectivity index (χ1n) is 11.8. The van der Waals surface area contributed by atoms with E-state index in [-0.39, 0.29) is 23.6 Å². The molecule has 9 heteroatoms. The van der Waals surface area contributed by atoms with Crippen molar-refractivity contribution in [2.45, 2.75) is 45.6 Å². The summed E-state index contributed by atoms with van der Waals surface area (Å²) in [6.07, 6.45) is 2.07. The lowest BCUT2D eigenvalue weighted by Crippen LogP contribution is -2.57. The van der Waals surface area contributed by atoms with Crippen LogP contribution in [0, 0.1) is 27.9 Å². The highest BCUT2D eigenvalue weighted by atomic mass is 16.6. The van der Waals surface area contributed by atoms with Crippen LogP contribution in [-0.4, -0.2) is 44.5 Å². The van der Waals surface area contributed by atoms with Crippen molar-refractivity contribution in [3.05, 3.63) is 75.8 Å². The average Bonchev–Trinajstić information content (AvgIpc) is 3.11. The van der Waals surface area contributed by atoms with Crippen molar-refractivity contribution < 1.29 is 24.1 Å². The van der Waals surface area contributed by atoms with Crippen LogP contribution in [0.4, 0.5) is 5.69 Å². The molecule has 1 aliphatic carbocycles. The van der Waals surface area contributed by atoms with Crippen LogP contribution in [0.15, 0.2) is 54.6 Å². The predicted molar refractivity (Wildman–Crippen MR) is 126 cm³/mol. The molecule has 182 valence electrons. The molecular weight excluding hydrogens is 450 g/mol. The van der Waals surface area contributed by atoms with Gasteiger partial charge in [0.25, 0.3) is 23.4 Å². The molecule has 2 aromatic carbocycles. The summed E-state index contributed by atoms with van der Waals surface area (Å²) in [5, 5.41) is 12.9. The van der Waals surface area contributed by atoms with E-state index in [2.05, 4.69) is 0 Å². The van der Waals surface area contributed by atoms with Gasteiger partial charge < -0.3 is 0 Å². The number of nitrogens with zero attached hydrogens (tertiary/aromatic N) is 3. The molecule has 0 bridgehead atoms. The number of amides is 3. The summed E-state index contributed by atoms with van der Waals surface area (Å²) in [5.74, 6) is -2.84. The fraction of sp³-hybridized carbons (Fsp3) is 0.385. The summed E-state index contributed by atoms with van der Waals surface area (Å²) < 4.78 is 0. The van der Waals surface area contributed by atoms with Gasteiger partial charge in [-0.1, -0.05) is 44.2 Å². The number of fused-ring (bicyclic) bond motifs is 1. The first-order chi connectivity index (χ1) is 16.7. The smallest absolute Gasteiger partial charge is 0.273 e. The van der Waals surface area contributed by atoms with E-state index in [1.165, 1.54) is 24.3 Å². The molecule has 0 unspecified atom stereocenters. The third-order valence-electron chi connectivity index (χ3n) is 6.96. The van der Waals surface area contributed by atoms with E-state index in [1.807, 2.05) is 6.92 Å². The Hall–Kier alpha value is -3.88. The van der Waals surface area contributed by atoms with E-state index in [9.17, 15) is 29.3 Å². The van der Waals surface area contributed by atoms with Crippen LogP contribution < -0.4 is 0 Å². The molecule has 0 radical (unpaired) electrons. The van der Waals surface area contributed by atoms with Gasteiger partial charge in [-0.3, -0.25) is 29.3 Å². The van der Waals surface area contributed by atoms with Gasteiger partial charge in [-0.2, -0.15) is 5.01 Å². The molecule has 3 amide bonds. The number of rotatable bonds is 7. The van der Waals surface area contributed by atoms with Crippen molar-refractivity contribution in [2.75, 3.05) is 0 Å². The minimum atomic E-state index is -1.11. The van der Waals surface area contributed by atoms with Gasteiger partial charge in [0.15, 0.2) is 5.78 Å². The van der Waals surface area contributed by atoms with Gasteiger partial charge in [0.2, 0.25) is 0 Å². The number of hydrogen-bond donors (Lipinski definition) is 0. The minimum absolute atomic E-state index is 0.0405. The highest BCUT2D eigenvalue weighted by molar-refractivity contribution is 6.10. The Morgan fingerprint density at radius 2 is 1.63 bits per heavy atom. The zero-order valence-electron chi connectivity index (χ0n) is 19.6. The normalized spacial score (nSPS) is 22.5. The lowest BCUT2D eigenvalue weighted by molar-refractivity contribution is -0.384. The van der Waals surface area contributed by atoms with Crippen LogP contribution in [0.5, 0.6) is 0 Å². The fourth-order valence-corrected chi connectivity index (χ4v) is 5.08. The molecule has 2 fully saturated rings. The number of hydrazine groups is 1. The monoisotopic (exact) mass is 477 g/mol. The zero-order valence-corrected chi connectivity index (χ0v) is 19.6. The van der Waals surface area contributed by atoms with Crippen LogP contribution in [-0.2, 0) is 9.59 Å². The number of carbonyl (C=O) groups excluding carboxylic acids is 4. The van der Waals surface area contributed by atoms with Crippen LogP contribution in [0.25, 0.3) is 0 Å². The third kappa shape index (κ3) is 4.45. The number of hydrogen-bond acceptors (Lipinski definition) is 6. The molecule has 4 atom stereocenters. The molecule has 9 nitrogen and oxygen atoms in total. The van der Waals surface area contributed by atoms with E-state index in [4.69, 9.17) is 0 Å². The molecule has 4 rings (SSSR count). The van der Waals surface area contributed by atoms with Crippen molar-refractivity contribution in [2.24, 2.45) is 17.8 Å². The summed E-state index contributed by atoms with van der Waals surface area (Å²) in [5.41, 5.74) is 0.193. The maximum absolute atomic E-state index is 13.8. The third-order valence-corrected chi connectivity index (χ3v) is 6.96. The van der Waals surface area contributed by atoms with Gasteiger partial charge in [0, 0.05) is 23.3 Å². The highest BCUT2D eigenvalue weighted by Crippen LogP contribution is 2.42. The summed E-state index contributed by atoms with van der Waals surface area (Å²) >= 11 is 0. The highest BCUT2D eigenvalue weighted by Gasteiger charge is 2.54. The summed E-state index contributed by atoms with van der Waals surface area (Å²) in [6.45, 7) is 3.74. The van der Waals surface area contributed by atoms with Gasteiger partial charge in [0.1, 0.15) is 6.04 Å². The summed E-state index contributed by atoms with van der Waals surface area (Å²) in [7, 11) is 0. The second kappa shape index (κ2) is 9.77. The SMILES string of the molecule is CC[C@H](C(=O)c1ccccc1)N(C(=O)c1ccc([N+](=O)[O-])cc1)N1C(=O)[C@H]2C[C@@H](C)CC[C@H]2C1=O. The predicted octanol–water partition coefficient (Wildman–Crippen LogP) is 4.03. The Bertz CT molecular complexity index is 1160. The summed E-state index contributed by atoms with van der Waals surface area (Å²) in [6, 6.07) is 12.2. The van der Waals surface area contributed by atoms with Crippen molar-refractivity contribution >= 4 is 29.2 Å². The maximum atomic E-state index is 13.8. The number of nitro groups is 1. The van der Waals surface area contributed by atoms with Crippen LogP contribution in [0.3, 0.4) is 0 Å². The van der Waals surface area contributed by atoms with E-state index in [1.54, 1.807) is 37.3 Å². The average molecular weight is 478 g/mol. The molecule has 0 N–H and O–H groups in total. The molecule has 2 aliphatic rings. The molecule has 1 aliphatic heterocycles. The lowest BCUT2D eigenvalue weighted by Gasteiger charge is -2.36. The van der Waals surface area contributed by atoms with Crippen LogP contribution in [0.1, 0.15) is 60.2 Å². The van der Waals surface area contributed by atoms with Crippen molar-refractivity contribution in [1.29, 1.82) is 0 Å².